The molecule has 86 valence electrons. The minimum atomic E-state index is 1.06. The highest BCUT2D eigenvalue weighted by Gasteiger charge is 2.05. The predicted molar refractivity (Wildman–Crippen MR) is 71.6 cm³/mol. The molecule has 1 N–H and O–H groups in total. The van der Waals surface area contributed by atoms with Gasteiger partial charge >= 0.3 is 0 Å². The molecule has 0 aliphatic rings. The van der Waals surface area contributed by atoms with Gasteiger partial charge in [-0.1, -0.05) is 0 Å². The molecule has 0 bridgehead atoms. The highest BCUT2D eigenvalue weighted by atomic mass is 79.9. The van der Waals surface area contributed by atoms with E-state index in [1.165, 1.54) is 20.6 Å². The summed E-state index contributed by atoms with van der Waals surface area (Å²) in [7, 11) is 4.18. The molecule has 0 spiro atoms. The van der Waals surface area contributed by atoms with E-state index in [1.807, 2.05) is 18.4 Å². The SMILES string of the molecule is CNCCCN(C)Cc1cc(Br)c(C)s1. The third kappa shape index (κ3) is 4.64. The maximum absolute atomic E-state index is 3.55. The molecule has 15 heavy (non-hydrogen) atoms. The van der Waals surface area contributed by atoms with E-state index in [0.717, 1.165) is 19.6 Å². The highest BCUT2D eigenvalue weighted by molar-refractivity contribution is 9.10. The van der Waals surface area contributed by atoms with Gasteiger partial charge in [-0.15, -0.1) is 11.3 Å². The molecule has 0 aromatic carbocycles. The summed E-state index contributed by atoms with van der Waals surface area (Å²) in [4.78, 5) is 5.18. The lowest BCUT2D eigenvalue weighted by Crippen LogP contribution is -2.21. The minimum Gasteiger partial charge on any atom is -0.320 e. The Morgan fingerprint density at radius 1 is 1.53 bits per heavy atom. The summed E-state index contributed by atoms with van der Waals surface area (Å²) >= 11 is 5.43. The Bertz CT molecular complexity index is 279. The highest BCUT2D eigenvalue weighted by Crippen LogP contribution is 2.26. The molecule has 0 aliphatic heterocycles. The Balaban J connectivity index is 2.34. The van der Waals surface area contributed by atoms with E-state index in [9.17, 15) is 0 Å². The van der Waals surface area contributed by atoms with Crippen molar-refractivity contribution in [3.05, 3.63) is 20.3 Å². The van der Waals surface area contributed by atoms with Gasteiger partial charge in [-0.3, -0.25) is 0 Å². The van der Waals surface area contributed by atoms with Crippen molar-refractivity contribution in [2.75, 3.05) is 27.2 Å². The van der Waals surface area contributed by atoms with Crippen LogP contribution < -0.4 is 5.32 Å². The molecular formula is C11H19BrN2S. The number of thiophene rings is 1. The quantitative estimate of drug-likeness (QED) is 0.811. The molecule has 1 aromatic heterocycles. The topological polar surface area (TPSA) is 15.3 Å². The van der Waals surface area contributed by atoms with Crippen LogP contribution in [0.15, 0.2) is 10.5 Å². The van der Waals surface area contributed by atoms with Crippen LogP contribution in [-0.4, -0.2) is 32.1 Å². The predicted octanol–water partition coefficient (Wildman–Crippen LogP) is 2.86. The lowest BCUT2D eigenvalue weighted by Gasteiger charge is -2.14. The number of hydrogen-bond donors (Lipinski definition) is 1. The van der Waals surface area contributed by atoms with Crippen molar-refractivity contribution in [3.8, 4) is 0 Å². The second-order valence-electron chi connectivity index (χ2n) is 3.81. The standard InChI is InChI=1S/C11H19BrN2S/c1-9-11(12)7-10(15-9)8-14(3)6-4-5-13-2/h7,13H,4-6,8H2,1-3H3. The molecule has 0 fully saturated rings. The van der Waals surface area contributed by atoms with Gasteiger partial charge in [0.1, 0.15) is 0 Å². The Morgan fingerprint density at radius 3 is 2.80 bits per heavy atom. The number of aryl methyl sites for hydroxylation is 1. The molecule has 2 nitrogen and oxygen atoms in total. The first-order valence-electron chi connectivity index (χ1n) is 5.21. The zero-order valence-corrected chi connectivity index (χ0v) is 12.0. The zero-order valence-electron chi connectivity index (χ0n) is 9.64. The van der Waals surface area contributed by atoms with Gasteiger partial charge < -0.3 is 10.2 Å². The van der Waals surface area contributed by atoms with Crippen molar-refractivity contribution in [1.29, 1.82) is 0 Å². The average Bonchev–Trinajstić information content (AvgIpc) is 2.46. The Morgan fingerprint density at radius 2 is 2.27 bits per heavy atom. The van der Waals surface area contributed by atoms with E-state index in [-0.39, 0.29) is 0 Å². The van der Waals surface area contributed by atoms with E-state index >= 15 is 0 Å². The summed E-state index contributed by atoms with van der Waals surface area (Å²) in [6.07, 6.45) is 1.21. The van der Waals surface area contributed by atoms with Crippen molar-refractivity contribution in [2.45, 2.75) is 19.9 Å². The van der Waals surface area contributed by atoms with Gasteiger partial charge in [0.2, 0.25) is 0 Å². The maximum atomic E-state index is 3.55. The largest absolute Gasteiger partial charge is 0.320 e. The molecule has 0 saturated heterocycles. The second-order valence-corrected chi connectivity index (χ2v) is 6.01. The Kier molecular flexibility index (Phi) is 5.82. The summed E-state index contributed by atoms with van der Waals surface area (Å²) in [6.45, 7) is 5.45. The second kappa shape index (κ2) is 6.63. The van der Waals surface area contributed by atoms with Crippen LogP contribution in [0.3, 0.4) is 0 Å². The smallest absolute Gasteiger partial charge is 0.0325 e. The van der Waals surface area contributed by atoms with Gasteiger partial charge in [-0.2, -0.15) is 0 Å². The lowest BCUT2D eigenvalue weighted by atomic mass is 10.3. The average molecular weight is 291 g/mol. The number of nitrogens with one attached hydrogen (secondary N) is 1. The normalized spacial score (nSPS) is 11.3. The van der Waals surface area contributed by atoms with Crippen LogP contribution in [0.25, 0.3) is 0 Å². The zero-order chi connectivity index (χ0) is 11.3. The summed E-state index contributed by atoms with van der Waals surface area (Å²) in [5, 5.41) is 3.17. The van der Waals surface area contributed by atoms with Crippen LogP contribution in [0.4, 0.5) is 0 Å². The number of rotatable bonds is 6. The molecule has 4 heteroatoms. The van der Waals surface area contributed by atoms with Crippen molar-refractivity contribution in [1.82, 2.24) is 10.2 Å². The first-order valence-corrected chi connectivity index (χ1v) is 6.82. The van der Waals surface area contributed by atoms with E-state index in [2.05, 4.69) is 46.2 Å². The van der Waals surface area contributed by atoms with Crippen LogP contribution in [-0.2, 0) is 6.54 Å². The maximum Gasteiger partial charge on any atom is 0.0325 e. The first-order chi connectivity index (χ1) is 7.13. The summed E-state index contributed by atoms with van der Waals surface area (Å²) in [5.74, 6) is 0. The third-order valence-electron chi connectivity index (χ3n) is 2.30. The fourth-order valence-electron chi connectivity index (χ4n) is 1.47. The van der Waals surface area contributed by atoms with Gasteiger partial charge in [0, 0.05) is 20.8 Å². The molecular weight excluding hydrogens is 272 g/mol. The van der Waals surface area contributed by atoms with E-state index in [4.69, 9.17) is 0 Å². The van der Waals surface area contributed by atoms with Crippen LogP contribution in [0.2, 0.25) is 0 Å². The van der Waals surface area contributed by atoms with E-state index < -0.39 is 0 Å². The molecule has 1 aromatic rings. The Hall–Kier alpha value is 0.1000. The summed E-state index contributed by atoms with van der Waals surface area (Å²) in [5.41, 5.74) is 0. The van der Waals surface area contributed by atoms with Gasteiger partial charge in [-0.05, 0) is 62.5 Å². The Labute approximate surface area is 105 Å². The summed E-state index contributed by atoms with van der Waals surface area (Å²) < 4.78 is 1.24. The molecule has 1 rings (SSSR count). The van der Waals surface area contributed by atoms with E-state index in [0.29, 0.717) is 0 Å². The monoisotopic (exact) mass is 290 g/mol. The van der Waals surface area contributed by atoms with Crippen molar-refractivity contribution in [2.24, 2.45) is 0 Å². The molecule has 0 atom stereocenters. The van der Waals surface area contributed by atoms with Crippen molar-refractivity contribution < 1.29 is 0 Å². The molecule has 0 saturated carbocycles. The van der Waals surface area contributed by atoms with Gasteiger partial charge in [0.05, 0.1) is 0 Å². The molecule has 0 unspecified atom stereocenters. The fourth-order valence-corrected chi connectivity index (χ4v) is 3.15. The number of nitrogens with zero attached hydrogens (tertiary/aromatic N) is 1. The number of halogens is 1. The van der Waals surface area contributed by atoms with Crippen molar-refractivity contribution >= 4 is 27.3 Å². The molecule has 1 heterocycles. The van der Waals surface area contributed by atoms with Crippen LogP contribution in [0.1, 0.15) is 16.2 Å². The third-order valence-corrected chi connectivity index (χ3v) is 4.42. The molecule has 0 amide bonds. The van der Waals surface area contributed by atoms with Gasteiger partial charge in [0.15, 0.2) is 0 Å². The molecule has 0 radical (unpaired) electrons. The minimum absolute atomic E-state index is 1.06. The van der Waals surface area contributed by atoms with Crippen molar-refractivity contribution in [3.63, 3.8) is 0 Å². The van der Waals surface area contributed by atoms with Crippen LogP contribution in [0.5, 0.6) is 0 Å². The lowest BCUT2D eigenvalue weighted by molar-refractivity contribution is 0.324. The van der Waals surface area contributed by atoms with Gasteiger partial charge in [0.25, 0.3) is 0 Å². The van der Waals surface area contributed by atoms with E-state index in [1.54, 1.807) is 0 Å². The fraction of sp³-hybridized carbons (Fsp3) is 0.636. The summed E-state index contributed by atoms with van der Waals surface area (Å²) in [6, 6.07) is 2.23. The van der Waals surface area contributed by atoms with Crippen LogP contribution in [0, 0.1) is 6.92 Å². The molecule has 0 aliphatic carbocycles. The van der Waals surface area contributed by atoms with Crippen LogP contribution >= 0.6 is 27.3 Å². The first kappa shape index (κ1) is 13.2. The van der Waals surface area contributed by atoms with Gasteiger partial charge in [-0.25, -0.2) is 0 Å². The number of hydrogen-bond acceptors (Lipinski definition) is 3.